The van der Waals surface area contributed by atoms with Crippen LogP contribution in [-0.4, -0.2) is 15.0 Å². The van der Waals surface area contributed by atoms with E-state index in [1.807, 2.05) is 37.3 Å². The minimum Gasteiger partial charge on any atom is -0.306 e. The standard InChI is InChI=1S/C15H13N3O/c1-2-11-9-13(19)18-15(17-11)12-7-3-5-10-6-4-8-16-14(10)12/h3-9H,2H2,1H3,(H,17,18,19). The highest BCUT2D eigenvalue weighted by Gasteiger charge is 2.08. The predicted molar refractivity (Wildman–Crippen MR) is 75.0 cm³/mol. The number of aromatic amines is 1. The quantitative estimate of drug-likeness (QED) is 0.761. The molecular weight excluding hydrogens is 238 g/mol. The van der Waals surface area contributed by atoms with Crippen molar-refractivity contribution in [2.75, 3.05) is 0 Å². The lowest BCUT2D eigenvalue weighted by molar-refractivity contribution is 0.988. The van der Waals surface area contributed by atoms with E-state index in [-0.39, 0.29) is 5.56 Å². The van der Waals surface area contributed by atoms with E-state index in [4.69, 9.17) is 0 Å². The second kappa shape index (κ2) is 4.65. The lowest BCUT2D eigenvalue weighted by Gasteiger charge is -2.06. The van der Waals surface area contributed by atoms with Crippen molar-refractivity contribution in [3.8, 4) is 11.4 Å². The van der Waals surface area contributed by atoms with Crippen molar-refractivity contribution in [1.29, 1.82) is 0 Å². The average Bonchev–Trinajstić information content (AvgIpc) is 2.46. The maximum absolute atomic E-state index is 11.7. The van der Waals surface area contributed by atoms with Crippen molar-refractivity contribution < 1.29 is 0 Å². The number of aryl methyl sites for hydroxylation is 1. The molecule has 1 aromatic carbocycles. The molecule has 2 aromatic heterocycles. The number of pyridine rings is 1. The third-order valence-electron chi connectivity index (χ3n) is 3.04. The molecule has 3 aromatic rings. The van der Waals surface area contributed by atoms with Gasteiger partial charge in [-0.1, -0.05) is 25.1 Å². The molecule has 4 heteroatoms. The molecule has 0 amide bonds. The zero-order valence-corrected chi connectivity index (χ0v) is 10.6. The molecule has 0 radical (unpaired) electrons. The largest absolute Gasteiger partial charge is 0.306 e. The highest BCUT2D eigenvalue weighted by molar-refractivity contribution is 5.91. The van der Waals surface area contributed by atoms with Gasteiger partial charge in [0.1, 0.15) is 5.82 Å². The topological polar surface area (TPSA) is 58.6 Å². The molecule has 94 valence electrons. The summed E-state index contributed by atoms with van der Waals surface area (Å²) in [5.74, 6) is 0.577. The third kappa shape index (κ3) is 2.12. The fourth-order valence-electron chi connectivity index (χ4n) is 2.11. The summed E-state index contributed by atoms with van der Waals surface area (Å²) in [4.78, 5) is 23.3. The van der Waals surface area contributed by atoms with Gasteiger partial charge in [0.15, 0.2) is 0 Å². The summed E-state index contributed by atoms with van der Waals surface area (Å²) in [6.07, 6.45) is 2.47. The Labute approximate surface area is 110 Å². The molecule has 0 unspecified atom stereocenters. The molecule has 0 aliphatic rings. The summed E-state index contributed by atoms with van der Waals surface area (Å²) in [6, 6.07) is 11.3. The van der Waals surface area contributed by atoms with Crippen LogP contribution < -0.4 is 5.56 Å². The molecule has 2 heterocycles. The minimum atomic E-state index is -0.130. The van der Waals surface area contributed by atoms with Gasteiger partial charge in [0.25, 0.3) is 5.56 Å². The molecule has 3 rings (SSSR count). The zero-order chi connectivity index (χ0) is 13.2. The number of fused-ring (bicyclic) bond motifs is 1. The second-order valence-electron chi connectivity index (χ2n) is 4.32. The lowest BCUT2D eigenvalue weighted by Crippen LogP contribution is -2.10. The lowest BCUT2D eigenvalue weighted by atomic mass is 10.1. The Kier molecular flexibility index (Phi) is 2.83. The van der Waals surface area contributed by atoms with E-state index in [1.165, 1.54) is 6.07 Å². The van der Waals surface area contributed by atoms with Crippen molar-refractivity contribution in [3.05, 3.63) is 58.6 Å². The van der Waals surface area contributed by atoms with Crippen molar-refractivity contribution in [2.45, 2.75) is 13.3 Å². The van der Waals surface area contributed by atoms with E-state index >= 15 is 0 Å². The highest BCUT2D eigenvalue weighted by atomic mass is 16.1. The molecule has 4 nitrogen and oxygen atoms in total. The number of hydrogen-bond acceptors (Lipinski definition) is 3. The number of aromatic nitrogens is 3. The van der Waals surface area contributed by atoms with Gasteiger partial charge >= 0.3 is 0 Å². The number of H-pyrrole nitrogens is 1. The summed E-state index contributed by atoms with van der Waals surface area (Å²) in [6.45, 7) is 1.98. The molecule has 0 saturated carbocycles. The number of rotatable bonds is 2. The maximum Gasteiger partial charge on any atom is 0.251 e. The molecule has 0 saturated heterocycles. The van der Waals surface area contributed by atoms with Gasteiger partial charge in [-0.2, -0.15) is 0 Å². The molecule has 0 spiro atoms. The Hall–Kier alpha value is -2.49. The van der Waals surface area contributed by atoms with Crippen LogP contribution in [0, 0.1) is 0 Å². The van der Waals surface area contributed by atoms with Crippen LogP contribution in [0.2, 0.25) is 0 Å². The fourth-order valence-corrected chi connectivity index (χ4v) is 2.11. The zero-order valence-electron chi connectivity index (χ0n) is 10.6. The minimum absolute atomic E-state index is 0.130. The maximum atomic E-state index is 11.7. The summed E-state index contributed by atoms with van der Waals surface area (Å²) in [5.41, 5.74) is 2.35. The first-order valence-electron chi connectivity index (χ1n) is 6.22. The van der Waals surface area contributed by atoms with E-state index in [0.29, 0.717) is 5.82 Å². The molecule has 0 aliphatic carbocycles. The molecule has 0 bridgehead atoms. The van der Waals surface area contributed by atoms with Crippen molar-refractivity contribution in [2.24, 2.45) is 0 Å². The van der Waals surface area contributed by atoms with E-state index in [0.717, 1.165) is 28.6 Å². The number of nitrogens with one attached hydrogen (secondary N) is 1. The van der Waals surface area contributed by atoms with Crippen LogP contribution in [0.3, 0.4) is 0 Å². The van der Waals surface area contributed by atoms with Gasteiger partial charge < -0.3 is 4.98 Å². The van der Waals surface area contributed by atoms with E-state index in [9.17, 15) is 4.79 Å². The normalized spacial score (nSPS) is 10.8. The van der Waals surface area contributed by atoms with Gasteiger partial charge in [0, 0.05) is 28.9 Å². The number of hydrogen-bond donors (Lipinski definition) is 1. The van der Waals surface area contributed by atoms with Gasteiger partial charge in [-0.05, 0) is 18.6 Å². The Balaban J connectivity index is 2.30. The van der Waals surface area contributed by atoms with Crippen LogP contribution in [0.5, 0.6) is 0 Å². The number of para-hydroxylation sites is 1. The first kappa shape index (κ1) is 11.6. The number of benzene rings is 1. The predicted octanol–water partition coefficient (Wildman–Crippen LogP) is 2.55. The number of nitrogens with zero attached hydrogens (tertiary/aromatic N) is 2. The average molecular weight is 251 g/mol. The van der Waals surface area contributed by atoms with Crippen LogP contribution in [0.15, 0.2) is 47.4 Å². The van der Waals surface area contributed by atoms with Gasteiger partial charge in [0.2, 0.25) is 0 Å². The molecule has 1 N–H and O–H groups in total. The van der Waals surface area contributed by atoms with E-state index in [2.05, 4.69) is 15.0 Å². The third-order valence-corrected chi connectivity index (χ3v) is 3.04. The molecule has 0 atom stereocenters. The summed E-state index contributed by atoms with van der Waals surface area (Å²) in [7, 11) is 0. The smallest absolute Gasteiger partial charge is 0.251 e. The molecule has 19 heavy (non-hydrogen) atoms. The summed E-state index contributed by atoms with van der Waals surface area (Å²) >= 11 is 0. The summed E-state index contributed by atoms with van der Waals surface area (Å²) < 4.78 is 0. The van der Waals surface area contributed by atoms with E-state index < -0.39 is 0 Å². The SMILES string of the molecule is CCc1cc(=O)[nH]c(-c2cccc3cccnc23)n1. The van der Waals surface area contributed by atoms with E-state index in [1.54, 1.807) is 6.20 Å². The van der Waals surface area contributed by atoms with Crippen LogP contribution in [0.4, 0.5) is 0 Å². The van der Waals surface area contributed by atoms with Crippen LogP contribution in [-0.2, 0) is 6.42 Å². The van der Waals surface area contributed by atoms with Crippen LogP contribution in [0.1, 0.15) is 12.6 Å². The molecule has 0 aliphatic heterocycles. The van der Waals surface area contributed by atoms with Gasteiger partial charge in [-0.3, -0.25) is 9.78 Å². The van der Waals surface area contributed by atoms with Crippen molar-refractivity contribution >= 4 is 10.9 Å². The Morgan fingerprint density at radius 1 is 1.21 bits per heavy atom. The van der Waals surface area contributed by atoms with Crippen LogP contribution >= 0.6 is 0 Å². The van der Waals surface area contributed by atoms with Gasteiger partial charge in [-0.15, -0.1) is 0 Å². The second-order valence-corrected chi connectivity index (χ2v) is 4.32. The molecule has 0 fully saturated rings. The van der Waals surface area contributed by atoms with Crippen molar-refractivity contribution in [1.82, 2.24) is 15.0 Å². The van der Waals surface area contributed by atoms with Crippen LogP contribution in [0.25, 0.3) is 22.3 Å². The van der Waals surface area contributed by atoms with Gasteiger partial charge in [0.05, 0.1) is 5.52 Å². The first-order valence-corrected chi connectivity index (χ1v) is 6.22. The monoisotopic (exact) mass is 251 g/mol. The highest BCUT2D eigenvalue weighted by Crippen LogP contribution is 2.23. The molecular formula is C15H13N3O. The first-order chi connectivity index (χ1) is 9.28. The summed E-state index contributed by atoms with van der Waals surface area (Å²) in [5, 5.41) is 1.03. The van der Waals surface area contributed by atoms with Gasteiger partial charge in [-0.25, -0.2) is 4.98 Å². The Bertz CT molecular complexity index is 787. The van der Waals surface area contributed by atoms with Crippen molar-refractivity contribution in [3.63, 3.8) is 0 Å². The Morgan fingerprint density at radius 2 is 2.05 bits per heavy atom. The Morgan fingerprint density at radius 3 is 2.89 bits per heavy atom. The fraction of sp³-hybridized carbons (Fsp3) is 0.133.